The Bertz CT molecular complexity index is 310. The Labute approximate surface area is 117 Å². The maximum atomic E-state index is 11.0. The Morgan fingerprint density at radius 1 is 1.32 bits per heavy atom. The number of carboxylic acids is 1. The van der Waals surface area contributed by atoms with Crippen LogP contribution in [0.2, 0.25) is 0 Å². The van der Waals surface area contributed by atoms with Crippen LogP contribution in [-0.2, 0) is 4.79 Å². The normalized spacial score (nSPS) is 24.4. The molecule has 112 valence electrons. The first kappa shape index (κ1) is 16.4. The number of carboxylic acid groups (broad SMARTS) is 1. The highest BCUT2D eigenvalue weighted by Gasteiger charge is 2.39. The van der Waals surface area contributed by atoms with Crippen molar-refractivity contribution < 1.29 is 9.90 Å². The average molecular weight is 270 g/mol. The number of carbonyl (C=O) groups is 1. The molecule has 0 aromatic rings. The zero-order valence-corrected chi connectivity index (χ0v) is 13.3. The Morgan fingerprint density at radius 2 is 1.79 bits per heavy atom. The molecule has 0 spiro atoms. The lowest BCUT2D eigenvalue weighted by Gasteiger charge is -2.49. The summed E-state index contributed by atoms with van der Waals surface area (Å²) < 4.78 is 0. The van der Waals surface area contributed by atoms with Crippen LogP contribution in [0.1, 0.15) is 54.4 Å². The largest absolute Gasteiger partial charge is 0.481 e. The molecule has 0 aromatic heterocycles. The van der Waals surface area contributed by atoms with E-state index in [0.717, 1.165) is 19.4 Å². The van der Waals surface area contributed by atoms with Crippen LogP contribution in [0.3, 0.4) is 0 Å². The standard InChI is InChI=1S/C15H30N2O2/c1-7-17(10-11(2)13(18)19)12-8-14(3,4)16-15(5,6)9-12/h11-12,16H,7-10H2,1-6H3,(H,18,19). The molecule has 0 aromatic carbocycles. The summed E-state index contributed by atoms with van der Waals surface area (Å²) in [5.74, 6) is -1.01. The first-order valence-corrected chi connectivity index (χ1v) is 7.32. The second-order valence-corrected chi connectivity index (χ2v) is 7.28. The van der Waals surface area contributed by atoms with Gasteiger partial charge in [-0.1, -0.05) is 13.8 Å². The van der Waals surface area contributed by atoms with E-state index in [9.17, 15) is 4.79 Å². The van der Waals surface area contributed by atoms with Crippen LogP contribution in [0.25, 0.3) is 0 Å². The van der Waals surface area contributed by atoms with Crippen molar-refractivity contribution in [2.75, 3.05) is 13.1 Å². The molecule has 1 atom stereocenters. The third kappa shape index (κ3) is 4.77. The van der Waals surface area contributed by atoms with Crippen LogP contribution in [0, 0.1) is 5.92 Å². The Kier molecular flexibility index (Phi) is 5.02. The number of nitrogens with zero attached hydrogens (tertiary/aromatic N) is 1. The molecule has 1 unspecified atom stereocenters. The third-order valence-electron chi connectivity index (χ3n) is 4.02. The lowest BCUT2D eigenvalue weighted by molar-refractivity contribution is -0.142. The molecule has 0 aliphatic carbocycles. The lowest BCUT2D eigenvalue weighted by Crippen LogP contribution is -2.62. The fraction of sp³-hybridized carbons (Fsp3) is 0.933. The van der Waals surface area contributed by atoms with Gasteiger partial charge < -0.3 is 10.4 Å². The number of hydrogen-bond acceptors (Lipinski definition) is 3. The minimum absolute atomic E-state index is 0.103. The van der Waals surface area contributed by atoms with Crippen LogP contribution in [0.15, 0.2) is 0 Å². The molecule has 1 fully saturated rings. The van der Waals surface area contributed by atoms with E-state index in [1.165, 1.54) is 0 Å². The summed E-state index contributed by atoms with van der Waals surface area (Å²) >= 11 is 0. The van der Waals surface area contributed by atoms with Gasteiger partial charge in [-0.25, -0.2) is 0 Å². The molecular formula is C15H30N2O2. The van der Waals surface area contributed by atoms with E-state index in [-0.39, 0.29) is 17.0 Å². The first-order chi connectivity index (χ1) is 8.56. The fourth-order valence-corrected chi connectivity index (χ4v) is 3.49. The maximum absolute atomic E-state index is 11.0. The molecule has 4 nitrogen and oxygen atoms in total. The van der Waals surface area contributed by atoms with Gasteiger partial charge in [-0.05, 0) is 47.1 Å². The van der Waals surface area contributed by atoms with Gasteiger partial charge >= 0.3 is 5.97 Å². The van der Waals surface area contributed by atoms with Crippen LogP contribution < -0.4 is 5.32 Å². The van der Waals surface area contributed by atoms with Crippen LogP contribution in [0.5, 0.6) is 0 Å². The number of aliphatic carboxylic acids is 1. The summed E-state index contributed by atoms with van der Waals surface area (Å²) in [6, 6.07) is 0.457. The molecule has 1 heterocycles. The Morgan fingerprint density at radius 3 is 2.16 bits per heavy atom. The molecule has 1 aliphatic rings. The van der Waals surface area contributed by atoms with Crippen LogP contribution in [-0.4, -0.2) is 46.2 Å². The quantitative estimate of drug-likeness (QED) is 0.805. The highest BCUT2D eigenvalue weighted by molar-refractivity contribution is 5.69. The topological polar surface area (TPSA) is 52.6 Å². The third-order valence-corrected chi connectivity index (χ3v) is 4.02. The molecule has 4 heteroatoms. The molecule has 1 saturated heterocycles. The van der Waals surface area contributed by atoms with Crippen molar-refractivity contribution in [1.82, 2.24) is 10.2 Å². The summed E-state index contributed by atoms with van der Waals surface area (Å²) in [5, 5.41) is 12.8. The molecular weight excluding hydrogens is 240 g/mol. The van der Waals surface area contributed by atoms with Crippen molar-refractivity contribution in [2.24, 2.45) is 5.92 Å². The van der Waals surface area contributed by atoms with Gasteiger partial charge in [0.15, 0.2) is 0 Å². The number of hydrogen-bond donors (Lipinski definition) is 2. The van der Waals surface area contributed by atoms with Crippen molar-refractivity contribution in [3.63, 3.8) is 0 Å². The Balaban J connectivity index is 2.77. The summed E-state index contributed by atoms with van der Waals surface area (Å²) in [4.78, 5) is 13.4. The summed E-state index contributed by atoms with van der Waals surface area (Å²) in [6.45, 7) is 14.4. The molecule has 0 saturated carbocycles. The molecule has 1 aliphatic heterocycles. The van der Waals surface area contributed by atoms with Gasteiger partial charge in [0.1, 0.15) is 0 Å². The fourth-order valence-electron chi connectivity index (χ4n) is 3.49. The molecule has 0 bridgehead atoms. The average Bonchev–Trinajstić information content (AvgIpc) is 2.20. The lowest BCUT2D eigenvalue weighted by atomic mass is 9.79. The van der Waals surface area contributed by atoms with Gasteiger partial charge in [-0.2, -0.15) is 0 Å². The molecule has 2 N–H and O–H groups in total. The van der Waals surface area contributed by atoms with Crippen molar-refractivity contribution in [1.29, 1.82) is 0 Å². The summed E-state index contributed by atoms with van der Waals surface area (Å²) in [5.41, 5.74) is 0.207. The van der Waals surface area contributed by atoms with Crippen molar-refractivity contribution in [3.8, 4) is 0 Å². The number of rotatable bonds is 5. The van der Waals surface area contributed by atoms with Crippen molar-refractivity contribution in [2.45, 2.75) is 71.5 Å². The highest BCUT2D eigenvalue weighted by Crippen LogP contribution is 2.31. The minimum atomic E-state index is -0.703. The molecule has 0 amide bonds. The number of nitrogens with one attached hydrogen (secondary N) is 1. The van der Waals surface area contributed by atoms with E-state index in [1.807, 2.05) is 0 Å². The maximum Gasteiger partial charge on any atom is 0.307 e. The first-order valence-electron chi connectivity index (χ1n) is 7.32. The smallest absolute Gasteiger partial charge is 0.307 e. The Hall–Kier alpha value is -0.610. The summed E-state index contributed by atoms with van der Waals surface area (Å²) in [6.07, 6.45) is 2.13. The molecule has 1 rings (SSSR count). The van der Waals surface area contributed by atoms with Crippen LogP contribution in [0.4, 0.5) is 0 Å². The minimum Gasteiger partial charge on any atom is -0.481 e. The predicted octanol–water partition coefficient (Wildman–Crippen LogP) is 2.34. The van der Waals surface area contributed by atoms with Gasteiger partial charge in [0.05, 0.1) is 5.92 Å². The van der Waals surface area contributed by atoms with Crippen molar-refractivity contribution >= 4 is 5.97 Å². The monoisotopic (exact) mass is 270 g/mol. The summed E-state index contributed by atoms with van der Waals surface area (Å²) in [7, 11) is 0. The second kappa shape index (κ2) is 5.80. The van der Waals surface area contributed by atoms with E-state index in [1.54, 1.807) is 6.92 Å². The van der Waals surface area contributed by atoms with Gasteiger partial charge in [-0.15, -0.1) is 0 Å². The SMILES string of the molecule is CCN(CC(C)C(=O)O)C1CC(C)(C)NC(C)(C)C1. The number of piperidine rings is 1. The molecule has 0 radical (unpaired) electrons. The van der Waals surface area contributed by atoms with E-state index in [2.05, 4.69) is 44.8 Å². The van der Waals surface area contributed by atoms with Crippen LogP contribution >= 0.6 is 0 Å². The van der Waals surface area contributed by atoms with Gasteiger partial charge in [0.25, 0.3) is 0 Å². The highest BCUT2D eigenvalue weighted by atomic mass is 16.4. The van der Waals surface area contributed by atoms with E-state index in [4.69, 9.17) is 5.11 Å². The van der Waals surface area contributed by atoms with Gasteiger partial charge in [0.2, 0.25) is 0 Å². The zero-order chi connectivity index (χ0) is 14.8. The van der Waals surface area contributed by atoms with Crippen molar-refractivity contribution in [3.05, 3.63) is 0 Å². The zero-order valence-electron chi connectivity index (χ0n) is 13.3. The van der Waals surface area contributed by atoms with E-state index < -0.39 is 5.97 Å². The van der Waals surface area contributed by atoms with E-state index in [0.29, 0.717) is 12.6 Å². The van der Waals surface area contributed by atoms with Gasteiger partial charge in [-0.3, -0.25) is 9.69 Å². The molecule has 19 heavy (non-hydrogen) atoms. The van der Waals surface area contributed by atoms with Gasteiger partial charge in [0, 0.05) is 23.7 Å². The second-order valence-electron chi connectivity index (χ2n) is 7.28. The predicted molar refractivity (Wildman–Crippen MR) is 78.4 cm³/mol. The van der Waals surface area contributed by atoms with E-state index >= 15 is 0 Å².